The summed E-state index contributed by atoms with van der Waals surface area (Å²) in [6, 6.07) is 0. The Morgan fingerprint density at radius 1 is 0.882 bits per heavy atom. The Bertz CT molecular complexity index is 311. The molecule has 0 bridgehead atoms. The average Bonchev–Trinajstić information content (AvgIpc) is 2.19. The number of aliphatic hydroxyl groups excluding tert-OH is 5. The Morgan fingerprint density at radius 2 is 1.24 bits per heavy atom. The van der Waals surface area contributed by atoms with E-state index in [-0.39, 0.29) is 0 Å². The molecule has 9 nitrogen and oxygen atoms in total. The Hall–Kier alpha value is -0.0900. The standard InChI is InChI=1S/C7H15O9P/c8-2-3(9)5(11)7(13,1-17(14,15)16)6(12)4(2)10/h2-6,8-13H,1H2,(H2,14,15,16)/t2?,3-,4+,5-,6-,7?/m1/s1. The summed E-state index contributed by atoms with van der Waals surface area (Å²) in [5.74, 6) is 0. The summed E-state index contributed by atoms with van der Waals surface area (Å²) in [6.07, 6.45) is -11.8. The van der Waals surface area contributed by atoms with Crippen LogP contribution in [0, 0.1) is 0 Å². The highest BCUT2D eigenvalue weighted by Crippen LogP contribution is 2.43. The van der Waals surface area contributed by atoms with Crippen LogP contribution in [0.3, 0.4) is 0 Å². The van der Waals surface area contributed by atoms with Crippen LogP contribution in [0.25, 0.3) is 0 Å². The fourth-order valence-corrected chi connectivity index (χ4v) is 2.89. The fraction of sp³-hybridized carbons (Fsp3) is 1.00. The van der Waals surface area contributed by atoms with Crippen LogP contribution < -0.4 is 0 Å². The molecule has 0 amide bonds. The van der Waals surface area contributed by atoms with Gasteiger partial charge < -0.3 is 40.4 Å². The van der Waals surface area contributed by atoms with Gasteiger partial charge in [0.1, 0.15) is 36.1 Å². The third kappa shape index (κ3) is 2.68. The lowest BCUT2D eigenvalue weighted by Gasteiger charge is -2.47. The van der Waals surface area contributed by atoms with Crippen molar-refractivity contribution in [1.29, 1.82) is 0 Å². The zero-order valence-electron chi connectivity index (χ0n) is 8.53. The van der Waals surface area contributed by atoms with Crippen molar-refractivity contribution in [2.45, 2.75) is 36.1 Å². The first kappa shape index (κ1) is 15.0. The lowest BCUT2D eigenvalue weighted by Crippen LogP contribution is -2.72. The molecule has 2 unspecified atom stereocenters. The molecule has 102 valence electrons. The second-order valence-corrected chi connectivity index (χ2v) is 5.82. The van der Waals surface area contributed by atoms with Gasteiger partial charge in [-0.3, -0.25) is 4.57 Å². The molecule has 1 rings (SSSR count). The van der Waals surface area contributed by atoms with Gasteiger partial charge in [-0.2, -0.15) is 0 Å². The Kier molecular flexibility index (Phi) is 4.00. The van der Waals surface area contributed by atoms with Gasteiger partial charge in [-0.05, 0) is 0 Å². The maximum Gasteiger partial charge on any atom is 0.328 e. The molecular weight excluding hydrogens is 259 g/mol. The van der Waals surface area contributed by atoms with Crippen LogP contribution >= 0.6 is 7.60 Å². The number of aliphatic hydroxyl groups is 6. The Labute approximate surface area is 95.7 Å². The van der Waals surface area contributed by atoms with E-state index in [0.717, 1.165) is 0 Å². The minimum Gasteiger partial charge on any atom is -0.387 e. The second kappa shape index (κ2) is 4.54. The number of hydrogen-bond acceptors (Lipinski definition) is 7. The topological polar surface area (TPSA) is 179 Å². The molecule has 0 aromatic heterocycles. The second-order valence-electron chi connectivity index (χ2n) is 4.18. The van der Waals surface area contributed by atoms with Gasteiger partial charge in [0.05, 0.1) is 6.16 Å². The largest absolute Gasteiger partial charge is 0.387 e. The van der Waals surface area contributed by atoms with Gasteiger partial charge in [0.25, 0.3) is 0 Å². The van der Waals surface area contributed by atoms with Gasteiger partial charge in [-0.1, -0.05) is 0 Å². The number of hydrogen-bond donors (Lipinski definition) is 8. The quantitative estimate of drug-likeness (QED) is 0.231. The zero-order valence-corrected chi connectivity index (χ0v) is 9.42. The smallest absolute Gasteiger partial charge is 0.328 e. The molecule has 8 N–H and O–H groups in total. The van der Waals surface area contributed by atoms with E-state index >= 15 is 0 Å². The van der Waals surface area contributed by atoms with Gasteiger partial charge in [0.15, 0.2) is 0 Å². The predicted molar refractivity (Wildman–Crippen MR) is 51.9 cm³/mol. The fourth-order valence-electron chi connectivity index (χ4n) is 1.86. The van der Waals surface area contributed by atoms with Crippen LogP contribution in [0.5, 0.6) is 0 Å². The lowest BCUT2D eigenvalue weighted by molar-refractivity contribution is -0.260. The first-order chi connectivity index (χ1) is 7.50. The monoisotopic (exact) mass is 274 g/mol. The average molecular weight is 274 g/mol. The summed E-state index contributed by atoms with van der Waals surface area (Å²) in [5.41, 5.74) is -2.81. The van der Waals surface area contributed by atoms with E-state index in [1.165, 1.54) is 0 Å². The molecule has 1 aliphatic rings. The summed E-state index contributed by atoms with van der Waals surface area (Å²) in [7, 11) is -4.82. The van der Waals surface area contributed by atoms with Gasteiger partial charge in [-0.15, -0.1) is 0 Å². The zero-order chi connectivity index (χ0) is 13.6. The third-order valence-electron chi connectivity index (χ3n) is 2.83. The summed E-state index contributed by atoms with van der Waals surface area (Å²) in [6.45, 7) is 0. The maximum atomic E-state index is 10.8. The molecule has 0 aliphatic heterocycles. The van der Waals surface area contributed by atoms with Gasteiger partial charge in [0.2, 0.25) is 0 Å². The summed E-state index contributed by atoms with van der Waals surface area (Å²) in [4.78, 5) is 17.4. The molecule has 0 heterocycles. The first-order valence-corrected chi connectivity index (χ1v) is 6.48. The van der Waals surface area contributed by atoms with Crippen molar-refractivity contribution < 1.29 is 45.0 Å². The molecule has 0 aromatic carbocycles. The number of rotatable bonds is 2. The summed E-state index contributed by atoms with van der Waals surface area (Å²) < 4.78 is 10.8. The molecule has 0 aromatic rings. The summed E-state index contributed by atoms with van der Waals surface area (Å²) in [5, 5.41) is 56.4. The van der Waals surface area contributed by atoms with Crippen molar-refractivity contribution in [3.05, 3.63) is 0 Å². The SMILES string of the molecule is O=P(O)(O)CC1(O)[C@H](O)[C@H](O)C(O)[C@H](O)[C@H]1O. The van der Waals surface area contributed by atoms with Gasteiger partial charge >= 0.3 is 7.60 Å². The highest BCUT2D eigenvalue weighted by atomic mass is 31.2. The van der Waals surface area contributed by atoms with Crippen LogP contribution in [-0.2, 0) is 4.57 Å². The third-order valence-corrected chi connectivity index (χ3v) is 3.75. The molecule has 0 radical (unpaired) electrons. The Balaban J connectivity index is 3.08. The van der Waals surface area contributed by atoms with Crippen LogP contribution in [0.15, 0.2) is 0 Å². The lowest BCUT2D eigenvalue weighted by atomic mass is 9.76. The van der Waals surface area contributed by atoms with Crippen LogP contribution in [-0.4, -0.2) is 82.7 Å². The Morgan fingerprint density at radius 3 is 1.53 bits per heavy atom. The van der Waals surface area contributed by atoms with Crippen LogP contribution in [0.4, 0.5) is 0 Å². The summed E-state index contributed by atoms with van der Waals surface area (Å²) >= 11 is 0. The maximum absolute atomic E-state index is 10.8. The van der Waals surface area contributed by atoms with Crippen molar-refractivity contribution in [3.63, 3.8) is 0 Å². The molecule has 17 heavy (non-hydrogen) atoms. The predicted octanol–water partition coefficient (Wildman–Crippen LogP) is -4.29. The highest BCUT2D eigenvalue weighted by Gasteiger charge is 2.59. The van der Waals surface area contributed by atoms with E-state index in [1.807, 2.05) is 0 Å². The molecule has 1 aliphatic carbocycles. The molecular formula is C7H15O9P. The first-order valence-electron chi connectivity index (χ1n) is 4.68. The van der Waals surface area contributed by atoms with Crippen LogP contribution in [0.2, 0.25) is 0 Å². The molecule has 10 heteroatoms. The van der Waals surface area contributed by atoms with Crippen molar-refractivity contribution in [2.75, 3.05) is 6.16 Å². The van der Waals surface area contributed by atoms with E-state index in [1.54, 1.807) is 0 Å². The van der Waals surface area contributed by atoms with Crippen molar-refractivity contribution in [2.24, 2.45) is 0 Å². The normalized spacial score (nSPS) is 48.1. The van der Waals surface area contributed by atoms with E-state index < -0.39 is 49.9 Å². The van der Waals surface area contributed by atoms with E-state index in [4.69, 9.17) is 9.79 Å². The minimum absolute atomic E-state index is 1.36. The van der Waals surface area contributed by atoms with E-state index in [0.29, 0.717) is 0 Å². The van der Waals surface area contributed by atoms with Crippen molar-refractivity contribution >= 4 is 7.60 Å². The van der Waals surface area contributed by atoms with Crippen molar-refractivity contribution in [3.8, 4) is 0 Å². The van der Waals surface area contributed by atoms with Gasteiger partial charge in [0, 0.05) is 0 Å². The molecule has 1 fully saturated rings. The minimum atomic E-state index is -4.82. The highest BCUT2D eigenvalue weighted by molar-refractivity contribution is 7.51. The van der Waals surface area contributed by atoms with Crippen molar-refractivity contribution in [1.82, 2.24) is 0 Å². The van der Waals surface area contributed by atoms with Gasteiger partial charge in [-0.25, -0.2) is 0 Å². The molecule has 6 atom stereocenters. The molecule has 0 spiro atoms. The molecule has 0 saturated heterocycles. The molecule has 1 saturated carbocycles. The van der Waals surface area contributed by atoms with E-state index in [2.05, 4.69) is 0 Å². The van der Waals surface area contributed by atoms with Crippen LogP contribution in [0.1, 0.15) is 0 Å². The van der Waals surface area contributed by atoms with E-state index in [9.17, 15) is 35.2 Å².